The van der Waals surface area contributed by atoms with Crippen LogP contribution in [0.4, 0.5) is 4.39 Å². The number of halogens is 2. The molecule has 0 atom stereocenters. The van der Waals surface area contributed by atoms with Gasteiger partial charge in [-0.05, 0) is 37.5 Å². The molecule has 1 fully saturated rings. The lowest BCUT2D eigenvalue weighted by Crippen LogP contribution is -2.42. The van der Waals surface area contributed by atoms with E-state index in [0.29, 0.717) is 0 Å². The fourth-order valence-electron chi connectivity index (χ4n) is 1.53. The van der Waals surface area contributed by atoms with Gasteiger partial charge in [-0.15, -0.1) is 0 Å². The molecule has 0 saturated heterocycles. The van der Waals surface area contributed by atoms with Crippen LogP contribution in [-0.2, 0) is 0 Å². The minimum absolute atomic E-state index is 0.167. The highest BCUT2D eigenvalue weighted by molar-refractivity contribution is 9.10. The Hall–Kier alpha value is -0.610. The topological polar surface area (TPSA) is 29.5 Å². The van der Waals surface area contributed by atoms with Gasteiger partial charge < -0.3 is 9.84 Å². The van der Waals surface area contributed by atoms with Crippen molar-refractivity contribution in [2.45, 2.75) is 24.9 Å². The second kappa shape index (κ2) is 4.10. The van der Waals surface area contributed by atoms with E-state index < -0.39 is 11.4 Å². The number of hydrogen-bond acceptors (Lipinski definition) is 2. The Kier molecular flexibility index (Phi) is 2.98. The summed E-state index contributed by atoms with van der Waals surface area (Å²) in [7, 11) is 0. The van der Waals surface area contributed by atoms with Crippen LogP contribution in [0.2, 0.25) is 0 Å². The summed E-state index contributed by atoms with van der Waals surface area (Å²) < 4.78 is 19.3. The van der Waals surface area contributed by atoms with E-state index in [9.17, 15) is 9.50 Å². The fourth-order valence-corrected chi connectivity index (χ4v) is 1.87. The number of ether oxygens (including phenoxy) is 1. The van der Waals surface area contributed by atoms with Gasteiger partial charge in [-0.1, -0.05) is 15.9 Å². The van der Waals surface area contributed by atoms with Crippen molar-refractivity contribution in [2.75, 3.05) is 6.61 Å². The van der Waals surface area contributed by atoms with Crippen LogP contribution in [0, 0.1) is 5.82 Å². The first-order chi connectivity index (χ1) is 7.09. The first-order valence-corrected chi connectivity index (χ1v) is 5.69. The van der Waals surface area contributed by atoms with E-state index in [4.69, 9.17) is 4.74 Å². The van der Waals surface area contributed by atoms with Crippen molar-refractivity contribution in [3.63, 3.8) is 0 Å². The van der Waals surface area contributed by atoms with Gasteiger partial charge in [-0.3, -0.25) is 0 Å². The van der Waals surface area contributed by atoms with Crippen molar-refractivity contribution in [1.82, 2.24) is 0 Å². The number of rotatable bonds is 3. The summed E-state index contributed by atoms with van der Waals surface area (Å²) in [5, 5.41) is 9.77. The molecule has 0 unspecified atom stereocenters. The maximum atomic E-state index is 13.2. The molecule has 0 bridgehead atoms. The third kappa shape index (κ3) is 2.49. The standard InChI is InChI=1S/C11H12BrFO2/c12-8-2-3-9(13)10(6-8)15-7-11(14)4-1-5-11/h2-3,6,14H,1,4-5,7H2. The van der Waals surface area contributed by atoms with Crippen LogP contribution in [-0.4, -0.2) is 17.3 Å². The first-order valence-electron chi connectivity index (χ1n) is 4.89. The average Bonchev–Trinajstić information content (AvgIpc) is 2.17. The summed E-state index contributed by atoms with van der Waals surface area (Å²) in [6.07, 6.45) is 2.49. The summed E-state index contributed by atoms with van der Waals surface area (Å²) in [4.78, 5) is 0. The Labute approximate surface area is 96.2 Å². The van der Waals surface area contributed by atoms with Crippen LogP contribution in [0.3, 0.4) is 0 Å². The lowest BCUT2D eigenvalue weighted by atomic mass is 9.81. The quantitative estimate of drug-likeness (QED) is 0.919. The Balaban J connectivity index is 2.01. The molecule has 0 heterocycles. The lowest BCUT2D eigenvalue weighted by Gasteiger charge is -2.36. The fraction of sp³-hybridized carbons (Fsp3) is 0.455. The Morgan fingerprint density at radius 3 is 2.80 bits per heavy atom. The molecular weight excluding hydrogens is 263 g/mol. The molecule has 1 aromatic carbocycles. The van der Waals surface area contributed by atoms with E-state index in [1.807, 2.05) is 0 Å². The van der Waals surface area contributed by atoms with Crippen molar-refractivity contribution in [1.29, 1.82) is 0 Å². The van der Waals surface area contributed by atoms with Crippen molar-refractivity contribution in [3.8, 4) is 5.75 Å². The van der Waals surface area contributed by atoms with Gasteiger partial charge in [0.15, 0.2) is 11.6 Å². The van der Waals surface area contributed by atoms with E-state index in [-0.39, 0.29) is 12.4 Å². The van der Waals surface area contributed by atoms with Gasteiger partial charge in [0, 0.05) is 4.47 Å². The summed E-state index contributed by atoms with van der Waals surface area (Å²) in [5.74, 6) is -0.217. The molecule has 82 valence electrons. The molecular formula is C11H12BrFO2. The van der Waals surface area contributed by atoms with E-state index >= 15 is 0 Å². The molecule has 1 N–H and O–H groups in total. The van der Waals surface area contributed by atoms with E-state index in [2.05, 4.69) is 15.9 Å². The third-order valence-electron chi connectivity index (χ3n) is 2.67. The van der Waals surface area contributed by atoms with E-state index in [1.54, 1.807) is 12.1 Å². The zero-order valence-electron chi connectivity index (χ0n) is 8.17. The van der Waals surface area contributed by atoms with Crippen LogP contribution in [0.25, 0.3) is 0 Å². The molecule has 1 saturated carbocycles. The van der Waals surface area contributed by atoms with Gasteiger partial charge in [0.05, 0.1) is 5.60 Å². The van der Waals surface area contributed by atoms with Gasteiger partial charge in [0.1, 0.15) is 6.61 Å². The largest absolute Gasteiger partial charge is 0.487 e. The van der Waals surface area contributed by atoms with Gasteiger partial charge >= 0.3 is 0 Å². The van der Waals surface area contributed by atoms with Crippen molar-refractivity contribution in [3.05, 3.63) is 28.5 Å². The second-order valence-electron chi connectivity index (χ2n) is 3.94. The highest BCUT2D eigenvalue weighted by atomic mass is 79.9. The predicted molar refractivity (Wildman–Crippen MR) is 58.4 cm³/mol. The van der Waals surface area contributed by atoms with Crippen LogP contribution >= 0.6 is 15.9 Å². The highest BCUT2D eigenvalue weighted by Crippen LogP contribution is 2.32. The molecule has 4 heteroatoms. The molecule has 0 amide bonds. The number of hydrogen-bond donors (Lipinski definition) is 1. The SMILES string of the molecule is OC1(COc2cc(Br)ccc2F)CCC1. The minimum atomic E-state index is -0.741. The Morgan fingerprint density at radius 2 is 2.20 bits per heavy atom. The molecule has 15 heavy (non-hydrogen) atoms. The number of aliphatic hydroxyl groups is 1. The van der Waals surface area contributed by atoms with Gasteiger partial charge in [-0.2, -0.15) is 0 Å². The van der Waals surface area contributed by atoms with E-state index in [1.165, 1.54) is 6.07 Å². The summed E-state index contributed by atoms with van der Waals surface area (Å²) in [5.41, 5.74) is -0.741. The molecule has 1 aliphatic rings. The average molecular weight is 275 g/mol. The monoisotopic (exact) mass is 274 g/mol. The van der Waals surface area contributed by atoms with Crippen LogP contribution in [0.1, 0.15) is 19.3 Å². The molecule has 0 aliphatic heterocycles. The van der Waals surface area contributed by atoms with Gasteiger partial charge in [0.2, 0.25) is 0 Å². The first kappa shape index (κ1) is 10.9. The van der Waals surface area contributed by atoms with Crippen LogP contribution in [0.5, 0.6) is 5.75 Å². The normalized spacial score (nSPS) is 18.3. The predicted octanol–water partition coefficient (Wildman–Crippen LogP) is 2.88. The van der Waals surface area contributed by atoms with Crippen LogP contribution < -0.4 is 4.74 Å². The molecule has 0 aromatic heterocycles. The van der Waals surface area contributed by atoms with Crippen molar-refractivity contribution >= 4 is 15.9 Å². The maximum absolute atomic E-state index is 13.2. The summed E-state index contributed by atoms with van der Waals surface area (Å²) in [6, 6.07) is 4.52. The molecule has 2 rings (SSSR count). The number of benzene rings is 1. The van der Waals surface area contributed by atoms with Crippen molar-refractivity contribution < 1.29 is 14.2 Å². The van der Waals surface area contributed by atoms with Crippen molar-refractivity contribution in [2.24, 2.45) is 0 Å². The molecule has 1 aromatic rings. The van der Waals surface area contributed by atoms with Gasteiger partial charge in [-0.25, -0.2) is 4.39 Å². The van der Waals surface area contributed by atoms with E-state index in [0.717, 1.165) is 23.7 Å². The molecule has 0 spiro atoms. The third-order valence-corrected chi connectivity index (χ3v) is 3.17. The highest BCUT2D eigenvalue weighted by Gasteiger charge is 2.35. The molecule has 0 radical (unpaired) electrons. The Morgan fingerprint density at radius 1 is 1.47 bits per heavy atom. The minimum Gasteiger partial charge on any atom is -0.487 e. The second-order valence-corrected chi connectivity index (χ2v) is 4.86. The Bertz CT molecular complexity index is 364. The summed E-state index contributed by atoms with van der Waals surface area (Å²) in [6.45, 7) is 0.167. The smallest absolute Gasteiger partial charge is 0.165 e. The maximum Gasteiger partial charge on any atom is 0.165 e. The molecule has 2 nitrogen and oxygen atoms in total. The molecule has 1 aliphatic carbocycles. The van der Waals surface area contributed by atoms with Crippen LogP contribution in [0.15, 0.2) is 22.7 Å². The summed E-state index contributed by atoms with van der Waals surface area (Å²) >= 11 is 3.24. The van der Waals surface area contributed by atoms with Gasteiger partial charge in [0.25, 0.3) is 0 Å². The zero-order chi connectivity index (χ0) is 10.9. The lowest BCUT2D eigenvalue weighted by molar-refractivity contribution is -0.0670. The zero-order valence-corrected chi connectivity index (χ0v) is 9.76.